The molecule has 4 nitrogen and oxygen atoms in total. The van der Waals surface area contributed by atoms with Crippen molar-refractivity contribution in [2.45, 2.75) is 24.8 Å². The van der Waals surface area contributed by atoms with Gasteiger partial charge >= 0.3 is 0 Å². The highest BCUT2D eigenvalue weighted by Crippen LogP contribution is 2.31. The Morgan fingerprint density at radius 2 is 2.37 bits per heavy atom. The van der Waals surface area contributed by atoms with Crippen LogP contribution in [0.15, 0.2) is 22.7 Å². The van der Waals surface area contributed by atoms with Crippen molar-refractivity contribution in [2.75, 3.05) is 6.54 Å². The maximum Gasteiger partial charge on any atom is 0.222 e. The molecular formula is C13H13BrClN3O. The number of hydrogen-bond acceptors (Lipinski definition) is 2. The molecule has 0 saturated carbocycles. The zero-order valence-corrected chi connectivity index (χ0v) is 12.7. The maximum absolute atomic E-state index is 11.4. The van der Waals surface area contributed by atoms with E-state index in [0.29, 0.717) is 13.0 Å². The van der Waals surface area contributed by atoms with Gasteiger partial charge in [0.15, 0.2) is 0 Å². The molecule has 3 rings (SSSR count). The first kappa shape index (κ1) is 12.9. The van der Waals surface area contributed by atoms with E-state index in [1.54, 1.807) is 0 Å². The summed E-state index contributed by atoms with van der Waals surface area (Å²) in [6, 6.07) is 6.05. The fourth-order valence-electron chi connectivity index (χ4n) is 2.53. The molecule has 1 N–H and O–H groups in total. The highest BCUT2D eigenvalue weighted by Gasteiger charge is 2.28. The summed E-state index contributed by atoms with van der Waals surface area (Å²) in [5, 5.41) is 2.67. The van der Waals surface area contributed by atoms with E-state index in [4.69, 9.17) is 11.6 Å². The number of benzene rings is 1. The van der Waals surface area contributed by atoms with Gasteiger partial charge in [-0.25, -0.2) is 4.98 Å². The summed E-state index contributed by atoms with van der Waals surface area (Å²) >= 11 is 9.68. The Bertz CT molecular complexity index is 653. The van der Waals surface area contributed by atoms with Crippen LogP contribution in [0, 0.1) is 0 Å². The predicted molar refractivity (Wildman–Crippen MR) is 78.4 cm³/mol. The number of rotatable bonds is 2. The van der Waals surface area contributed by atoms with E-state index in [1.165, 1.54) is 0 Å². The van der Waals surface area contributed by atoms with Gasteiger partial charge in [0.1, 0.15) is 5.82 Å². The molecular weight excluding hydrogens is 330 g/mol. The summed E-state index contributed by atoms with van der Waals surface area (Å²) in [6.07, 6.45) is 0.484. The summed E-state index contributed by atoms with van der Waals surface area (Å²) in [5.74, 6) is 0.897. The number of carbonyl (C=O) groups is 1. The van der Waals surface area contributed by atoms with Crippen LogP contribution >= 0.6 is 27.5 Å². The number of halogens is 2. The number of hydrogen-bond donors (Lipinski definition) is 1. The van der Waals surface area contributed by atoms with Gasteiger partial charge in [-0.05, 0) is 25.1 Å². The van der Waals surface area contributed by atoms with Crippen LogP contribution in [0.2, 0.25) is 0 Å². The summed E-state index contributed by atoms with van der Waals surface area (Å²) in [4.78, 5) is 16.0. The number of nitrogens with zero attached hydrogens (tertiary/aromatic N) is 2. The second kappa shape index (κ2) is 4.80. The molecule has 1 saturated heterocycles. The van der Waals surface area contributed by atoms with Crippen LogP contribution in [-0.2, 0) is 4.79 Å². The molecule has 2 unspecified atom stereocenters. The van der Waals surface area contributed by atoms with Crippen molar-refractivity contribution < 1.29 is 4.79 Å². The lowest BCUT2D eigenvalue weighted by Crippen LogP contribution is -2.17. The molecule has 6 heteroatoms. The van der Waals surface area contributed by atoms with Crippen LogP contribution in [0.1, 0.15) is 30.6 Å². The zero-order valence-electron chi connectivity index (χ0n) is 10.4. The van der Waals surface area contributed by atoms with Gasteiger partial charge in [-0.2, -0.15) is 0 Å². The fourth-order valence-corrected chi connectivity index (χ4v) is 3.03. The third kappa shape index (κ3) is 2.25. The maximum atomic E-state index is 11.4. The van der Waals surface area contributed by atoms with Crippen LogP contribution in [0.3, 0.4) is 0 Å². The number of nitrogens with one attached hydrogen (secondary N) is 1. The third-order valence-corrected chi connectivity index (χ3v) is 4.04. The van der Waals surface area contributed by atoms with Gasteiger partial charge < -0.3 is 9.88 Å². The summed E-state index contributed by atoms with van der Waals surface area (Å²) in [7, 11) is 0. The summed E-state index contributed by atoms with van der Waals surface area (Å²) in [5.41, 5.74) is 1.92. The molecule has 1 aliphatic heterocycles. The first-order valence-electron chi connectivity index (χ1n) is 6.14. The van der Waals surface area contributed by atoms with Crippen LogP contribution in [0.25, 0.3) is 11.0 Å². The SMILES string of the molecule is CC(Cl)c1nc2cc(Br)ccc2n1C1CNC(=O)C1. The molecule has 1 aliphatic rings. The van der Waals surface area contributed by atoms with E-state index >= 15 is 0 Å². The minimum atomic E-state index is -0.193. The molecule has 2 aromatic rings. The lowest BCUT2D eigenvalue weighted by Gasteiger charge is -2.16. The Morgan fingerprint density at radius 1 is 1.58 bits per heavy atom. The second-order valence-corrected chi connectivity index (χ2v) is 6.32. The topological polar surface area (TPSA) is 46.9 Å². The van der Waals surface area contributed by atoms with Gasteiger partial charge in [-0.3, -0.25) is 4.79 Å². The van der Waals surface area contributed by atoms with E-state index in [9.17, 15) is 4.79 Å². The van der Waals surface area contributed by atoms with E-state index in [2.05, 4.69) is 30.8 Å². The number of carbonyl (C=O) groups excluding carboxylic acids is 1. The average molecular weight is 343 g/mol. The zero-order chi connectivity index (χ0) is 13.6. The van der Waals surface area contributed by atoms with Crippen LogP contribution in [0.4, 0.5) is 0 Å². The highest BCUT2D eigenvalue weighted by atomic mass is 79.9. The van der Waals surface area contributed by atoms with Gasteiger partial charge in [0.25, 0.3) is 0 Å². The Hall–Kier alpha value is -1.07. The number of fused-ring (bicyclic) bond motifs is 1. The Kier molecular flexibility index (Phi) is 3.27. The average Bonchev–Trinajstić information content (AvgIpc) is 2.91. The molecule has 0 aliphatic carbocycles. The van der Waals surface area contributed by atoms with Crippen molar-refractivity contribution in [3.63, 3.8) is 0 Å². The van der Waals surface area contributed by atoms with E-state index in [-0.39, 0.29) is 17.3 Å². The van der Waals surface area contributed by atoms with E-state index in [0.717, 1.165) is 21.3 Å². The molecule has 2 heterocycles. The molecule has 1 aromatic carbocycles. The molecule has 0 spiro atoms. The minimum Gasteiger partial charge on any atom is -0.354 e. The third-order valence-electron chi connectivity index (χ3n) is 3.36. The second-order valence-electron chi connectivity index (χ2n) is 4.75. The summed E-state index contributed by atoms with van der Waals surface area (Å²) < 4.78 is 3.08. The van der Waals surface area contributed by atoms with E-state index in [1.807, 2.05) is 25.1 Å². The lowest BCUT2D eigenvalue weighted by molar-refractivity contribution is -0.119. The van der Waals surface area contributed by atoms with E-state index < -0.39 is 0 Å². The minimum absolute atomic E-state index is 0.0807. The highest BCUT2D eigenvalue weighted by molar-refractivity contribution is 9.10. The first-order valence-corrected chi connectivity index (χ1v) is 7.37. The van der Waals surface area contributed by atoms with Crippen molar-refractivity contribution >= 4 is 44.5 Å². The molecule has 1 aromatic heterocycles. The number of alkyl halides is 1. The molecule has 1 fully saturated rings. The fraction of sp³-hybridized carbons (Fsp3) is 0.385. The normalized spacial score (nSPS) is 20.8. The van der Waals surface area contributed by atoms with Crippen molar-refractivity contribution in [1.82, 2.24) is 14.9 Å². The molecule has 100 valence electrons. The van der Waals surface area contributed by atoms with Gasteiger partial charge in [0.05, 0.1) is 22.5 Å². The van der Waals surface area contributed by atoms with Gasteiger partial charge in [0.2, 0.25) is 5.91 Å². The first-order chi connectivity index (χ1) is 9.06. The largest absolute Gasteiger partial charge is 0.354 e. The summed E-state index contributed by atoms with van der Waals surface area (Å²) in [6.45, 7) is 2.54. The Labute approximate surface area is 124 Å². The van der Waals surface area contributed by atoms with Crippen LogP contribution < -0.4 is 5.32 Å². The van der Waals surface area contributed by atoms with Crippen LogP contribution in [0.5, 0.6) is 0 Å². The van der Waals surface area contributed by atoms with Crippen LogP contribution in [-0.4, -0.2) is 22.0 Å². The van der Waals surface area contributed by atoms with Crippen molar-refractivity contribution in [3.05, 3.63) is 28.5 Å². The molecule has 19 heavy (non-hydrogen) atoms. The smallest absolute Gasteiger partial charge is 0.222 e. The van der Waals surface area contributed by atoms with Gasteiger partial charge in [-0.15, -0.1) is 11.6 Å². The number of imidazole rings is 1. The Balaban J connectivity index is 2.19. The standard InChI is InChI=1S/C13H13BrClN3O/c1-7(15)13-17-10-4-8(14)2-3-11(10)18(13)9-5-12(19)16-6-9/h2-4,7,9H,5-6H2,1H3,(H,16,19). The van der Waals surface area contributed by atoms with Crippen molar-refractivity contribution in [3.8, 4) is 0 Å². The van der Waals surface area contributed by atoms with Crippen molar-refractivity contribution in [1.29, 1.82) is 0 Å². The van der Waals surface area contributed by atoms with Gasteiger partial charge in [0, 0.05) is 17.4 Å². The molecule has 0 bridgehead atoms. The molecule has 1 amide bonds. The van der Waals surface area contributed by atoms with Crippen molar-refractivity contribution in [2.24, 2.45) is 0 Å². The predicted octanol–water partition coefficient (Wildman–Crippen LogP) is 3.16. The quantitative estimate of drug-likeness (QED) is 0.852. The Morgan fingerprint density at radius 3 is 3.00 bits per heavy atom. The molecule has 2 atom stereocenters. The monoisotopic (exact) mass is 341 g/mol. The molecule has 0 radical (unpaired) electrons. The number of amides is 1. The van der Waals surface area contributed by atoms with Gasteiger partial charge in [-0.1, -0.05) is 15.9 Å². The number of aromatic nitrogens is 2. The lowest BCUT2D eigenvalue weighted by atomic mass is 10.2.